The van der Waals surface area contributed by atoms with Crippen molar-refractivity contribution < 1.29 is 17.7 Å². The molecule has 1 aromatic rings. The quantitative estimate of drug-likeness (QED) is 0.141. The van der Waals surface area contributed by atoms with E-state index in [2.05, 4.69) is 32.0 Å². The number of rotatable bonds is 21. The molecule has 0 bridgehead atoms. The van der Waals surface area contributed by atoms with Crippen LogP contribution >= 0.6 is 0 Å². The number of hydrogen-bond donors (Lipinski definition) is 1. The maximum Gasteiger partial charge on any atom is 0.271 e. The van der Waals surface area contributed by atoms with Crippen LogP contribution in [0, 0.1) is 0 Å². The molecule has 1 rings (SSSR count). The molecular formula is C28H50O4S. The van der Waals surface area contributed by atoms with Crippen molar-refractivity contribution in [1.29, 1.82) is 0 Å². The summed E-state index contributed by atoms with van der Waals surface area (Å²) in [6.45, 7) is 6.24. The van der Waals surface area contributed by atoms with Crippen LogP contribution in [0.5, 0.6) is 5.75 Å². The Morgan fingerprint density at radius 2 is 1.12 bits per heavy atom. The summed E-state index contributed by atoms with van der Waals surface area (Å²) in [6.07, 6.45) is 20.4. The summed E-state index contributed by atoms with van der Waals surface area (Å²) in [5, 5.41) is -0.879. The number of benzene rings is 1. The molecule has 4 nitrogen and oxygen atoms in total. The maximum atomic E-state index is 11.5. The molecule has 33 heavy (non-hydrogen) atoms. The molecular weight excluding hydrogens is 432 g/mol. The molecule has 0 aliphatic carbocycles. The highest BCUT2D eigenvalue weighted by Gasteiger charge is 2.21. The summed E-state index contributed by atoms with van der Waals surface area (Å²) in [5.41, 5.74) is 2.55. The molecule has 0 aromatic heterocycles. The molecule has 1 aromatic carbocycles. The zero-order valence-corrected chi connectivity index (χ0v) is 22.4. The first kappa shape index (κ1) is 30.0. The van der Waals surface area contributed by atoms with E-state index in [4.69, 9.17) is 4.74 Å². The van der Waals surface area contributed by atoms with Gasteiger partial charge in [0.05, 0.1) is 0 Å². The van der Waals surface area contributed by atoms with E-state index < -0.39 is 15.4 Å². The second-order valence-corrected chi connectivity index (χ2v) is 11.3. The Morgan fingerprint density at radius 3 is 1.52 bits per heavy atom. The first-order valence-corrected chi connectivity index (χ1v) is 15.1. The van der Waals surface area contributed by atoms with Crippen LogP contribution < -0.4 is 4.74 Å². The maximum absolute atomic E-state index is 11.5. The lowest BCUT2D eigenvalue weighted by Gasteiger charge is -2.15. The van der Waals surface area contributed by atoms with Crippen LogP contribution in [0.1, 0.15) is 128 Å². The highest BCUT2D eigenvalue weighted by Crippen LogP contribution is 2.22. The van der Waals surface area contributed by atoms with E-state index in [9.17, 15) is 13.0 Å². The number of hydrogen-bond acceptors (Lipinski definition) is 3. The molecule has 0 saturated carbocycles. The first-order valence-electron chi connectivity index (χ1n) is 13.6. The fraction of sp³-hybridized carbons (Fsp3) is 0.786. The predicted octanol–water partition coefficient (Wildman–Crippen LogP) is 8.32. The summed E-state index contributed by atoms with van der Waals surface area (Å²) in [5.74, 6) is 0.732. The van der Waals surface area contributed by atoms with Gasteiger partial charge in [-0.25, -0.2) is 0 Å². The fourth-order valence-corrected chi connectivity index (χ4v) is 4.94. The lowest BCUT2D eigenvalue weighted by Crippen LogP contribution is -2.26. The Labute approximate surface area is 204 Å². The van der Waals surface area contributed by atoms with Gasteiger partial charge in [0.2, 0.25) is 0 Å². The van der Waals surface area contributed by atoms with Crippen molar-refractivity contribution in [2.75, 3.05) is 6.61 Å². The van der Waals surface area contributed by atoms with E-state index in [0.717, 1.165) is 18.6 Å². The molecule has 1 unspecified atom stereocenters. The highest BCUT2D eigenvalue weighted by atomic mass is 32.2. The van der Waals surface area contributed by atoms with Crippen molar-refractivity contribution in [3.05, 3.63) is 29.3 Å². The molecule has 0 saturated heterocycles. The molecule has 1 atom stereocenters. The Morgan fingerprint density at radius 1 is 0.697 bits per heavy atom. The zero-order chi connectivity index (χ0) is 24.4. The van der Waals surface area contributed by atoms with E-state index >= 15 is 0 Å². The van der Waals surface area contributed by atoms with Gasteiger partial charge in [0.1, 0.15) is 17.6 Å². The minimum Gasteiger partial charge on any atom is -0.492 e. The summed E-state index contributed by atoms with van der Waals surface area (Å²) in [4.78, 5) is 0. The van der Waals surface area contributed by atoms with Crippen LogP contribution in [0.3, 0.4) is 0 Å². The van der Waals surface area contributed by atoms with Crippen molar-refractivity contribution in [1.82, 2.24) is 0 Å². The van der Waals surface area contributed by atoms with Crippen molar-refractivity contribution in [2.45, 2.75) is 135 Å². The van der Waals surface area contributed by atoms with Crippen LogP contribution in [-0.2, 0) is 23.0 Å². The zero-order valence-electron chi connectivity index (χ0n) is 21.6. The molecule has 0 aliphatic heterocycles. The summed E-state index contributed by atoms with van der Waals surface area (Å²) >= 11 is 0. The SMILES string of the molecule is CCCCCCCCCc1cc(CCCCCCCCC)cc(OCC(CC)S(=O)(=O)O)c1. The van der Waals surface area contributed by atoms with Gasteiger partial charge in [0.15, 0.2) is 0 Å². The van der Waals surface area contributed by atoms with Crippen LogP contribution in [0.25, 0.3) is 0 Å². The molecule has 192 valence electrons. The fourth-order valence-electron chi connectivity index (χ4n) is 4.28. The van der Waals surface area contributed by atoms with Crippen LogP contribution in [0.2, 0.25) is 0 Å². The number of unbranched alkanes of at least 4 members (excludes halogenated alkanes) is 12. The largest absolute Gasteiger partial charge is 0.492 e. The van der Waals surface area contributed by atoms with E-state index in [-0.39, 0.29) is 6.61 Å². The van der Waals surface area contributed by atoms with Crippen LogP contribution in [-0.4, -0.2) is 24.8 Å². The summed E-state index contributed by atoms with van der Waals surface area (Å²) in [6, 6.07) is 6.42. The van der Waals surface area contributed by atoms with Gasteiger partial charge in [-0.05, 0) is 55.4 Å². The van der Waals surface area contributed by atoms with E-state index in [0.29, 0.717) is 6.42 Å². The Balaban J connectivity index is 2.64. The van der Waals surface area contributed by atoms with Crippen LogP contribution in [0.15, 0.2) is 18.2 Å². The molecule has 0 spiro atoms. The monoisotopic (exact) mass is 482 g/mol. The average molecular weight is 483 g/mol. The van der Waals surface area contributed by atoms with Crippen LogP contribution in [0.4, 0.5) is 0 Å². The van der Waals surface area contributed by atoms with Crippen molar-refractivity contribution in [3.8, 4) is 5.75 Å². The van der Waals surface area contributed by atoms with Gasteiger partial charge in [0.25, 0.3) is 10.1 Å². The summed E-state index contributed by atoms with van der Waals surface area (Å²) < 4.78 is 38.3. The molecule has 1 N–H and O–H groups in total. The molecule has 0 amide bonds. The van der Waals surface area contributed by atoms with Crippen molar-refractivity contribution in [3.63, 3.8) is 0 Å². The van der Waals surface area contributed by atoms with Gasteiger partial charge in [-0.2, -0.15) is 8.42 Å². The highest BCUT2D eigenvalue weighted by molar-refractivity contribution is 7.86. The standard InChI is InChI=1S/C28H50O4S/c1-4-7-9-11-13-15-17-19-25-21-26(20-18-16-14-12-10-8-5-2)23-27(22-25)32-24-28(6-3)33(29,30)31/h21-23,28H,4-20,24H2,1-3H3,(H,29,30,31). The molecule has 0 aliphatic rings. The van der Waals surface area contributed by atoms with Gasteiger partial charge in [-0.15, -0.1) is 0 Å². The van der Waals surface area contributed by atoms with E-state index in [1.807, 2.05) is 0 Å². The van der Waals surface area contributed by atoms with Crippen molar-refractivity contribution in [2.24, 2.45) is 0 Å². The lowest BCUT2D eigenvalue weighted by molar-refractivity contribution is 0.301. The Hall–Kier alpha value is -1.07. The van der Waals surface area contributed by atoms with Gasteiger partial charge in [0, 0.05) is 0 Å². The molecule has 0 radical (unpaired) electrons. The van der Waals surface area contributed by atoms with E-state index in [1.165, 1.54) is 101 Å². The third-order valence-electron chi connectivity index (χ3n) is 6.48. The average Bonchev–Trinajstić information content (AvgIpc) is 2.77. The minimum atomic E-state index is -4.09. The Kier molecular flexibility index (Phi) is 16.6. The van der Waals surface area contributed by atoms with Gasteiger partial charge in [-0.3, -0.25) is 4.55 Å². The molecule has 0 heterocycles. The second kappa shape index (κ2) is 18.3. The third-order valence-corrected chi connectivity index (χ3v) is 7.79. The normalized spacial score (nSPS) is 12.7. The van der Waals surface area contributed by atoms with Gasteiger partial charge < -0.3 is 4.74 Å². The van der Waals surface area contributed by atoms with Gasteiger partial charge in [-0.1, -0.05) is 104 Å². The smallest absolute Gasteiger partial charge is 0.271 e. The first-order chi connectivity index (χ1) is 15.9. The number of aryl methyl sites for hydroxylation is 2. The lowest BCUT2D eigenvalue weighted by atomic mass is 9.99. The minimum absolute atomic E-state index is 0.00686. The van der Waals surface area contributed by atoms with Gasteiger partial charge >= 0.3 is 0 Å². The number of ether oxygens (including phenoxy) is 1. The third kappa shape index (κ3) is 14.7. The topological polar surface area (TPSA) is 63.6 Å². The van der Waals surface area contributed by atoms with Crippen molar-refractivity contribution >= 4 is 10.1 Å². The second-order valence-electron chi connectivity index (χ2n) is 9.58. The Bertz CT molecular complexity index is 678. The molecule has 0 fully saturated rings. The predicted molar refractivity (Wildman–Crippen MR) is 141 cm³/mol. The van der Waals surface area contributed by atoms with E-state index in [1.54, 1.807) is 6.92 Å². The summed E-state index contributed by atoms with van der Waals surface area (Å²) in [7, 11) is -4.09. The molecule has 5 heteroatoms.